The molecule has 1 aromatic rings. The Balaban J connectivity index is 1.74. The van der Waals surface area contributed by atoms with E-state index in [1.54, 1.807) is 0 Å². The molecule has 1 aromatic carbocycles. The minimum Gasteiger partial charge on any atom is -0.372 e. The predicted molar refractivity (Wildman–Crippen MR) is 93.7 cm³/mol. The third kappa shape index (κ3) is 3.62. The van der Waals surface area contributed by atoms with Gasteiger partial charge in [-0.1, -0.05) is 28.1 Å². The maximum atomic E-state index is 12.1. The molecule has 1 saturated heterocycles. The summed E-state index contributed by atoms with van der Waals surface area (Å²) in [5, 5.41) is 0.787. The van der Waals surface area contributed by atoms with Gasteiger partial charge < -0.3 is 9.64 Å². The number of amidine groups is 1. The van der Waals surface area contributed by atoms with E-state index in [9.17, 15) is 4.79 Å². The second-order valence-corrected chi connectivity index (χ2v) is 7.45. The molecular weight excluding hydrogens is 364 g/mol. The summed E-state index contributed by atoms with van der Waals surface area (Å²) in [6, 6.07) is 7.87. The number of nitrogens with zero attached hydrogens (tertiary/aromatic N) is 2. The molecule has 4 nitrogen and oxygen atoms in total. The molecule has 0 saturated carbocycles. The van der Waals surface area contributed by atoms with Crippen LogP contribution in [0.1, 0.15) is 19.4 Å². The van der Waals surface area contributed by atoms with Gasteiger partial charge in [0.25, 0.3) is 5.91 Å². The van der Waals surface area contributed by atoms with Crippen LogP contribution in [0.2, 0.25) is 0 Å². The molecule has 0 bridgehead atoms. The molecule has 0 radical (unpaired) electrons. The van der Waals surface area contributed by atoms with Gasteiger partial charge in [0.15, 0.2) is 5.17 Å². The summed E-state index contributed by atoms with van der Waals surface area (Å²) in [4.78, 5) is 19.1. The molecule has 0 spiro atoms. The van der Waals surface area contributed by atoms with Crippen LogP contribution in [-0.2, 0) is 9.53 Å². The monoisotopic (exact) mass is 380 g/mol. The van der Waals surface area contributed by atoms with Gasteiger partial charge in [-0.15, -0.1) is 0 Å². The van der Waals surface area contributed by atoms with E-state index in [2.05, 4.69) is 25.8 Å². The average molecular weight is 381 g/mol. The van der Waals surface area contributed by atoms with Crippen LogP contribution in [0.3, 0.4) is 0 Å². The Labute approximate surface area is 142 Å². The number of carbonyl (C=O) groups excluding carboxylic acids is 1. The molecule has 116 valence electrons. The molecule has 1 amide bonds. The molecule has 2 atom stereocenters. The lowest BCUT2D eigenvalue weighted by Gasteiger charge is -2.35. The molecular formula is C16H17BrN2O2S. The SMILES string of the molecule is C[C@@H]1CN(C2=NC(=O)/C(=C/c3ccc(Br)cc3)S2)C[C@H](C)O1. The Morgan fingerprint density at radius 2 is 1.91 bits per heavy atom. The predicted octanol–water partition coefficient (Wildman–Crippen LogP) is 3.53. The lowest BCUT2D eigenvalue weighted by atomic mass is 10.2. The number of amides is 1. The maximum absolute atomic E-state index is 12.1. The highest BCUT2D eigenvalue weighted by Gasteiger charge is 2.30. The number of halogens is 1. The summed E-state index contributed by atoms with van der Waals surface area (Å²) >= 11 is 4.86. The molecule has 0 N–H and O–H groups in total. The smallest absolute Gasteiger partial charge is 0.286 e. The zero-order valence-corrected chi connectivity index (χ0v) is 14.9. The van der Waals surface area contributed by atoms with Gasteiger partial charge in [0.05, 0.1) is 17.1 Å². The first-order valence-corrected chi connectivity index (χ1v) is 8.81. The standard InChI is InChI=1S/C16H17BrN2O2S/c1-10-8-19(9-11(2)21-10)16-18-15(20)14(22-16)7-12-3-5-13(17)6-4-12/h3-7,10-11H,8-9H2,1-2H3/b14-7-/t10-,11+. The third-order valence-corrected chi connectivity index (χ3v) is 5.04. The topological polar surface area (TPSA) is 41.9 Å². The summed E-state index contributed by atoms with van der Waals surface area (Å²) in [7, 11) is 0. The summed E-state index contributed by atoms with van der Waals surface area (Å²) in [6.45, 7) is 5.64. The van der Waals surface area contributed by atoms with E-state index < -0.39 is 0 Å². The van der Waals surface area contributed by atoms with Crippen molar-refractivity contribution in [3.8, 4) is 0 Å². The van der Waals surface area contributed by atoms with Gasteiger partial charge in [-0.3, -0.25) is 4.79 Å². The minimum absolute atomic E-state index is 0.154. The largest absolute Gasteiger partial charge is 0.372 e. The highest BCUT2D eigenvalue weighted by molar-refractivity contribution is 9.10. The summed E-state index contributed by atoms with van der Waals surface area (Å²) in [6.07, 6.45) is 2.20. The number of morpholine rings is 1. The second-order valence-electron chi connectivity index (χ2n) is 5.52. The van der Waals surface area contributed by atoms with Crippen LogP contribution in [0.4, 0.5) is 0 Å². The molecule has 0 aromatic heterocycles. The molecule has 0 unspecified atom stereocenters. The van der Waals surface area contributed by atoms with Crippen LogP contribution in [0, 0.1) is 0 Å². The Hall–Kier alpha value is -1.11. The maximum Gasteiger partial charge on any atom is 0.286 e. The molecule has 3 rings (SSSR count). The van der Waals surface area contributed by atoms with Crippen LogP contribution in [0.15, 0.2) is 38.6 Å². The molecule has 0 aliphatic carbocycles. The molecule has 22 heavy (non-hydrogen) atoms. The van der Waals surface area contributed by atoms with Crippen LogP contribution in [-0.4, -0.2) is 41.3 Å². The molecule has 1 fully saturated rings. The number of thioether (sulfide) groups is 1. The average Bonchev–Trinajstić information content (AvgIpc) is 2.82. The number of benzene rings is 1. The summed E-state index contributed by atoms with van der Waals surface area (Å²) < 4.78 is 6.75. The van der Waals surface area contributed by atoms with Crippen molar-refractivity contribution in [2.45, 2.75) is 26.1 Å². The van der Waals surface area contributed by atoms with Gasteiger partial charge in [-0.25, -0.2) is 0 Å². The molecule has 2 aliphatic heterocycles. The first kappa shape index (κ1) is 15.8. The fourth-order valence-electron chi connectivity index (χ4n) is 2.58. The summed E-state index contributed by atoms with van der Waals surface area (Å²) in [5.41, 5.74) is 0.999. The van der Waals surface area contributed by atoms with Gasteiger partial charge >= 0.3 is 0 Å². The number of hydrogen-bond donors (Lipinski definition) is 0. The van der Waals surface area contributed by atoms with E-state index >= 15 is 0 Å². The quantitative estimate of drug-likeness (QED) is 0.698. The first-order valence-electron chi connectivity index (χ1n) is 7.20. The van der Waals surface area contributed by atoms with Crippen molar-refractivity contribution < 1.29 is 9.53 Å². The normalized spacial score (nSPS) is 27.4. The van der Waals surface area contributed by atoms with Crippen molar-refractivity contribution in [3.05, 3.63) is 39.2 Å². The van der Waals surface area contributed by atoms with Crippen LogP contribution < -0.4 is 0 Å². The zero-order valence-electron chi connectivity index (χ0n) is 12.5. The highest BCUT2D eigenvalue weighted by atomic mass is 79.9. The Bertz CT molecular complexity index is 632. The van der Waals surface area contributed by atoms with Crippen molar-refractivity contribution in [2.75, 3.05) is 13.1 Å². The van der Waals surface area contributed by atoms with Gasteiger partial charge in [0, 0.05) is 17.6 Å². The second kappa shape index (κ2) is 6.56. The number of carbonyl (C=O) groups is 1. The van der Waals surface area contributed by atoms with Crippen molar-refractivity contribution in [1.82, 2.24) is 4.90 Å². The summed E-state index contributed by atoms with van der Waals surface area (Å²) in [5.74, 6) is -0.158. The van der Waals surface area contributed by atoms with E-state index in [0.717, 1.165) is 28.3 Å². The van der Waals surface area contributed by atoms with E-state index in [-0.39, 0.29) is 18.1 Å². The van der Waals surface area contributed by atoms with E-state index in [1.807, 2.05) is 44.2 Å². The Morgan fingerprint density at radius 3 is 2.55 bits per heavy atom. The lowest BCUT2D eigenvalue weighted by Crippen LogP contribution is -2.47. The van der Waals surface area contributed by atoms with Gasteiger partial charge in [0.2, 0.25) is 0 Å². The van der Waals surface area contributed by atoms with E-state index in [4.69, 9.17) is 4.74 Å². The molecule has 6 heteroatoms. The minimum atomic E-state index is -0.158. The van der Waals surface area contributed by atoms with Crippen molar-refractivity contribution in [2.24, 2.45) is 4.99 Å². The molecule has 2 heterocycles. The number of rotatable bonds is 1. The zero-order chi connectivity index (χ0) is 15.7. The fourth-order valence-corrected chi connectivity index (χ4v) is 3.77. The van der Waals surface area contributed by atoms with Crippen LogP contribution in [0.25, 0.3) is 6.08 Å². The van der Waals surface area contributed by atoms with Gasteiger partial charge in [0.1, 0.15) is 0 Å². The van der Waals surface area contributed by atoms with E-state index in [1.165, 1.54) is 11.8 Å². The third-order valence-electron chi connectivity index (χ3n) is 3.47. The number of aliphatic imine (C=N–C) groups is 1. The lowest BCUT2D eigenvalue weighted by molar-refractivity contribution is -0.113. The van der Waals surface area contributed by atoms with Crippen LogP contribution in [0.5, 0.6) is 0 Å². The van der Waals surface area contributed by atoms with E-state index in [0.29, 0.717) is 4.91 Å². The highest BCUT2D eigenvalue weighted by Crippen LogP contribution is 2.31. The Morgan fingerprint density at radius 1 is 1.27 bits per heavy atom. The number of ether oxygens (including phenoxy) is 1. The first-order chi connectivity index (χ1) is 10.5. The van der Waals surface area contributed by atoms with Gasteiger partial charge in [-0.05, 0) is 49.4 Å². The number of hydrogen-bond acceptors (Lipinski definition) is 4. The van der Waals surface area contributed by atoms with Crippen molar-refractivity contribution in [3.63, 3.8) is 0 Å². The van der Waals surface area contributed by atoms with Crippen molar-refractivity contribution >= 4 is 44.8 Å². The van der Waals surface area contributed by atoms with Crippen molar-refractivity contribution in [1.29, 1.82) is 0 Å². The molecule has 2 aliphatic rings. The van der Waals surface area contributed by atoms with Crippen LogP contribution >= 0.6 is 27.7 Å². The fraction of sp³-hybridized carbons (Fsp3) is 0.375. The Kier molecular flexibility index (Phi) is 4.70. The van der Waals surface area contributed by atoms with Gasteiger partial charge in [-0.2, -0.15) is 4.99 Å².